The fourth-order valence-electron chi connectivity index (χ4n) is 4.62. The highest BCUT2D eigenvalue weighted by Crippen LogP contribution is 2.34. The van der Waals surface area contributed by atoms with E-state index in [-0.39, 0.29) is 29.6 Å². The van der Waals surface area contributed by atoms with E-state index in [1.165, 1.54) is 4.88 Å². The van der Waals surface area contributed by atoms with Gasteiger partial charge in [-0.15, -0.1) is 11.3 Å². The molecule has 3 heterocycles. The minimum Gasteiger partial charge on any atom is -0.466 e. The van der Waals surface area contributed by atoms with Crippen LogP contribution in [0.25, 0.3) is 0 Å². The van der Waals surface area contributed by atoms with Crippen molar-refractivity contribution in [3.8, 4) is 0 Å². The Bertz CT molecular complexity index is 793. The second-order valence-corrected chi connectivity index (χ2v) is 9.39. The van der Waals surface area contributed by atoms with Crippen LogP contribution in [0.15, 0.2) is 6.07 Å². The Morgan fingerprint density at radius 3 is 2.50 bits per heavy atom. The van der Waals surface area contributed by atoms with Gasteiger partial charge in [0, 0.05) is 37.0 Å². The number of fused-ring (bicyclic) bond motifs is 1. The number of carbonyl (C=O) groups excluding carboxylic acids is 3. The Morgan fingerprint density at radius 2 is 1.80 bits per heavy atom. The minimum atomic E-state index is -0.136. The van der Waals surface area contributed by atoms with Crippen LogP contribution < -0.4 is 0 Å². The maximum atomic E-state index is 13.1. The highest BCUT2D eigenvalue weighted by atomic mass is 32.1. The molecular formula is C22H30N2O5S. The van der Waals surface area contributed by atoms with Gasteiger partial charge in [0.2, 0.25) is 5.91 Å². The van der Waals surface area contributed by atoms with Gasteiger partial charge in [-0.25, -0.2) is 0 Å². The van der Waals surface area contributed by atoms with Crippen molar-refractivity contribution in [2.24, 2.45) is 11.8 Å². The number of nitrogens with zero attached hydrogens (tertiary/aromatic N) is 2. The Balaban J connectivity index is 1.34. The second-order valence-electron chi connectivity index (χ2n) is 8.25. The van der Waals surface area contributed by atoms with Crippen LogP contribution in [0.2, 0.25) is 0 Å². The summed E-state index contributed by atoms with van der Waals surface area (Å²) in [6.45, 7) is 5.94. The third-order valence-corrected chi connectivity index (χ3v) is 7.59. The topological polar surface area (TPSA) is 76.2 Å². The number of hydrogen-bond acceptors (Lipinski definition) is 6. The Morgan fingerprint density at radius 1 is 1.07 bits per heavy atom. The second kappa shape index (κ2) is 9.47. The van der Waals surface area contributed by atoms with Gasteiger partial charge in [-0.2, -0.15) is 0 Å². The Kier molecular flexibility index (Phi) is 6.73. The average molecular weight is 435 g/mol. The molecule has 7 nitrogen and oxygen atoms in total. The van der Waals surface area contributed by atoms with Crippen molar-refractivity contribution in [3.05, 3.63) is 21.4 Å². The van der Waals surface area contributed by atoms with E-state index in [1.54, 1.807) is 11.3 Å². The van der Waals surface area contributed by atoms with Crippen LogP contribution in [0, 0.1) is 11.8 Å². The molecule has 4 rings (SSSR count). The molecule has 164 valence electrons. The lowest BCUT2D eigenvalue weighted by Gasteiger charge is -2.34. The third kappa shape index (κ3) is 4.54. The number of aryl methyl sites for hydroxylation is 1. The molecule has 0 N–H and O–H groups in total. The van der Waals surface area contributed by atoms with Crippen LogP contribution in [0.4, 0.5) is 0 Å². The summed E-state index contributed by atoms with van der Waals surface area (Å²) in [5, 5.41) is 0. The van der Waals surface area contributed by atoms with Crippen molar-refractivity contribution in [1.29, 1.82) is 0 Å². The molecule has 8 heteroatoms. The normalized spacial score (nSPS) is 22.5. The first-order valence-electron chi connectivity index (χ1n) is 11.0. The number of piperidine rings is 1. The Hall–Kier alpha value is -1.93. The van der Waals surface area contributed by atoms with Crippen LogP contribution in [0.1, 0.15) is 46.3 Å². The predicted molar refractivity (Wildman–Crippen MR) is 112 cm³/mol. The van der Waals surface area contributed by atoms with Gasteiger partial charge < -0.3 is 19.3 Å². The smallest absolute Gasteiger partial charge is 0.309 e. The van der Waals surface area contributed by atoms with E-state index in [9.17, 15) is 14.4 Å². The van der Waals surface area contributed by atoms with Gasteiger partial charge in [0.25, 0.3) is 5.91 Å². The van der Waals surface area contributed by atoms with Crippen molar-refractivity contribution in [3.63, 3.8) is 0 Å². The average Bonchev–Trinajstić information content (AvgIpc) is 3.22. The highest BCUT2D eigenvalue weighted by Gasteiger charge is 2.34. The largest absolute Gasteiger partial charge is 0.466 e. The zero-order chi connectivity index (χ0) is 21.1. The SMILES string of the molecule is CCOC(=O)C1CCN(C(=O)[C@@H]2CCc3sc(C(=O)N4CCOCC4)cc3C2)CC1. The third-order valence-electron chi connectivity index (χ3n) is 6.37. The van der Waals surface area contributed by atoms with Gasteiger partial charge in [0.15, 0.2) is 0 Å². The zero-order valence-electron chi connectivity index (χ0n) is 17.6. The number of carbonyl (C=O) groups is 3. The van der Waals surface area contributed by atoms with Gasteiger partial charge in [0.1, 0.15) is 0 Å². The minimum absolute atomic E-state index is 0.0300. The molecule has 30 heavy (non-hydrogen) atoms. The molecule has 0 aromatic carbocycles. The van der Waals surface area contributed by atoms with Crippen molar-refractivity contribution in [1.82, 2.24) is 9.80 Å². The molecule has 1 aromatic heterocycles. The van der Waals surface area contributed by atoms with E-state index in [0.29, 0.717) is 65.3 Å². The molecule has 0 bridgehead atoms. The van der Waals surface area contributed by atoms with Gasteiger partial charge in [-0.3, -0.25) is 14.4 Å². The number of ether oxygens (including phenoxy) is 2. The predicted octanol–water partition coefficient (Wildman–Crippen LogP) is 2.13. The number of esters is 1. The monoisotopic (exact) mass is 434 g/mol. The molecule has 2 fully saturated rings. The molecule has 2 aliphatic heterocycles. The molecule has 0 saturated carbocycles. The molecule has 1 aliphatic carbocycles. The van der Waals surface area contributed by atoms with Gasteiger partial charge in [0.05, 0.1) is 30.6 Å². The fraction of sp³-hybridized carbons (Fsp3) is 0.682. The standard InChI is InChI=1S/C22H30N2O5S/c1-2-29-22(27)15-5-7-23(8-6-15)20(25)16-3-4-18-17(13-16)14-19(30-18)21(26)24-9-11-28-12-10-24/h14-16H,2-13H2,1H3/t16-/m1/s1. The lowest BCUT2D eigenvalue weighted by Crippen LogP contribution is -2.44. The first kappa shape index (κ1) is 21.3. The zero-order valence-corrected chi connectivity index (χ0v) is 18.4. The summed E-state index contributed by atoms with van der Waals surface area (Å²) in [5.74, 6) is 0.0228. The van der Waals surface area contributed by atoms with Crippen LogP contribution in [-0.4, -0.2) is 73.6 Å². The molecule has 0 unspecified atom stereocenters. The number of morpholine rings is 1. The van der Waals surface area contributed by atoms with Crippen molar-refractivity contribution in [2.75, 3.05) is 46.0 Å². The first-order valence-corrected chi connectivity index (χ1v) is 11.8. The summed E-state index contributed by atoms with van der Waals surface area (Å²) in [6, 6.07) is 2.00. The molecular weight excluding hydrogens is 404 g/mol. The number of hydrogen-bond donors (Lipinski definition) is 0. The van der Waals surface area contributed by atoms with E-state index in [0.717, 1.165) is 23.3 Å². The number of rotatable bonds is 4. The van der Waals surface area contributed by atoms with E-state index in [1.807, 2.05) is 22.8 Å². The quantitative estimate of drug-likeness (QED) is 0.679. The molecule has 0 radical (unpaired) electrons. The summed E-state index contributed by atoms with van der Waals surface area (Å²) in [6.07, 6.45) is 3.75. The van der Waals surface area contributed by atoms with Crippen molar-refractivity contribution < 1.29 is 23.9 Å². The molecule has 1 aromatic rings. The summed E-state index contributed by atoms with van der Waals surface area (Å²) in [4.78, 5) is 43.6. The van der Waals surface area contributed by atoms with Gasteiger partial charge >= 0.3 is 5.97 Å². The molecule has 0 spiro atoms. The summed E-state index contributed by atoms with van der Waals surface area (Å²) in [7, 11) is 0. The Labute approximate surface area is 181 Å². The van der Waals surface area contributed by atoms with Crippen molar-refractivity contribution >= 4 is 29.1 Å². The van der Waals surface area contributed by atoms with Crippen LogP contribution in [0.3, 0.4) is 0 Å². The lowest BCUT2D eigenvalue weighted by molar-refractivity contribution is -0.151. The van der Waals surface area contributed by atoms with E-state index < -0.39 is 0 Å². The van der Waals surface area contributed by atoms with Crippen LogP contribution >= 0.6 is 11.3 Å². The van der Waals surface area contributed by atoms with E-state index >= 15 is 0 Å². The van der Waals surface area contributed by atoms with Crippen LogP contribution in [0.5, 0.6) is 0 Å². The summed E-state index contributed by atoms with van der Waals surface area (Å²) >= 11 is 1.59. The molecule has 3 aliphatic rings. The molecule has 2 saturated heterocycles. The molecule has 2 amide bonds. The molecule has 1 atom stereocenters. The number of likely N-dealkylation sites (tertiary alicyclic amines) is 1. The fourth-order valence-corrected chi connectivity index (χ4v) is 5.79. The summed E-state index contributed by atoms with van der Waals surface area (Å²) < 4.78 is 10.5. The highest BCUT2D eigenvalue weighted by molar-refractivity contribution is 7.14. The maximum Gasteiger partial charge on any atom is 0.309 e. The number of amides is 2. The summed E-state index contributed by atoms with van der Waals surface area (Å²) in [5.41, 5.74) is 1.16. The first-order chi connectivity index (χ1) is 14.6. The maximum absolute atomic E-state index is 13.1. The van der Waals surface area contributed by atoms with E-state index in [2.05, 4.69) is 0 Å². The van der Waals surface area contributed by atoms with Gasteiger partial charge in [-0.05, 0) is 50.7 Å². The van der Waals surface area contributed by atoms with Crippen molar-refractivity contribution in [2.45, 2.75) is 39.0 Å². The van der Waals surface area contributed by atoms with Gasteiger partial charge in [-0.1, -0.05) is 0 Å². The lowest BCUT2D eigenvalue weighted by atomic mass is 9.86. The van der Waals surface area contributed by atoms with Crippen LogP contribution in [-0.2, 0) is 31.9 Å². The number of thiophene rings is 1. The van der Waals surface area contributed by atoms with E-state index in [4.69, 9.17) is 9.47 Å².